The van der Waals surface area contributed by atoms with E-state index in [1.807, 2.05) is 4.98 Å². The molecule has 26 heteroatoms. The number of aliphatic hydroxyl groups is 6. The minimum atomic E-state index is -5.32. The van der Waals surface area contributed by atoms with Gasteiger partial charge in [-0.2, -0.15) is 17.5 Å². The second-order valence-electron chi connectivity index (χ2n) is 8.63. The molecule has 10 atom stereocenters. The summed E-state index contributed by atoms with van der Waals surface area (Å²) in [6, 6.07) is -0.888. The van der Waals surface area contributed by atoms with E-state index in [9.17, 15) is 62.2 Å². The maximum Gasteiger partial charge on any atom is 0.481 e. The number of aromatic nitrogens is 2. The quantitative estimate of drug-likeness (QED) is 0.114. The van der Waals surface area contributed by atoms with Crippen LogP contribution in [-0.4, -0.2) is 129 Å². The molecule has 2 aliphatic heterocycles. The molecule has 0 aliphatic carbocycles. The number of carbonyl (C=O) groups is 1. The van der Waals surface area contributed by atoms with Gasteiger partial charge in [0.15, 0.2) is 12.5 Å². The Bertz CT molecular complexity index is 1320. The van der Waals surface area contributed by atoms with E-state index < -0.39 is 107 Å². The topological polar surface area (TPSA) is 337 Å². The van der Waals surface area contributed by atoms with Crippen LogP contribution in [0.2, 0.25) is 0 Å². The van der Waals surface area contributed by atoms with Crippen LogP contribution in [0.25, 0.3) is 0 Å². The van der Waals surface area contributed by atoms with Crippen molar-refractivity contribution in [2.45, 2.75) is 61.4 Å². The van der Waals surface area contributed by atoms with E-state index in [4.69, 9.17) is 24.5 Å². The number of alkyl halides is 3. The van der Waals surface area contributed by atoms with Crippen molar-refractivity contribution in [1.82, 2.24) is 14.9 Å². The summed E-state index contributed by atoms with van der Waals surface area (Å²) in [7, 11) is -10.5. The zero-order chi connectivity index (χ0) is 33.1. The van der Waals surface area contributed by atoms with Crippen molar-refractivity contribution in [2.24, 2.45) is 0 Å². The highest BCUT2D eigenvalue weighted by Gasteiger charge is 2.48. The molecule has 3 rings (SSSR count). The van der Waals surface area contributed by atoms with Gasteiger partial charge in [0.05, 0.1) is 13.2 Å². The predicted octanol–water partition coefficient (Wildman–Crippen LogP) is -5.15. The third kappa shape index (κ3) is 10.2. The highest BCUT2D eigenvalue weighted by Crippen LogP contribution is 2.57. The van der Waals surface area contributed by atoms with Crippen LogP contribution < -0.4 is 16.6 Å². The first kappa shape index (κ1) is 37.1. The largest absolute Gasteiger partial charge is 0.481 e. The molecule has 248 valence electrons. The minimum Gasteiger partial charge on any atom is -0.394 e. The Hall–Kier alpha value is -2.12. The molecule has 0 bridgehead atoms. The lowest BCUT2D eigenvalue weighted by Gasteiger charge is -2.40. The van der Waals surface area contributed by atoms with Gasteiger partial charge < -0.3 is 60.1 Å². The van der Waals surface area contributed by atoms with Gasteiger partial charge in [0.1, 0.15) is 42.7 Å². The number of nitrogens with zero attached hydrogens (tertiary/aromatic N) is 1. The Morgan fingerprint density at radius 1 is 1.00 bits per heavy atom. The van der Waals surface area contributed by atoms with Crippen molar-refractivity contribution in [1.29, 1.82) is 0 Å². The number of phosphoric acid groups is 2. The molecule has 2 aliphatic rings. The molecule has 2 fully saturated rings. The maximum absolute atomic E-state index is 12.0. The number of aromatic amines is 1. The summed E-state index contributed by atoms with van der Waals surface area (Å²) in [4.78, 5) is 61.3. The van der Waals surface area contributed by atoms with E-state index in [0.717, 1.165) is 16.8 Å². The van der Waals surface area contributed by atoms with Gasteiger partial charge >= 0.3 is 33.4 Å². The summed E-state index contributed by atoms with van der Waals surface area (Å²) >= 11 is 0. The molecule has 0 aromatic carbocycles. The molecule has 43 heavy (non-hydrogen) atoms. The molecule has 3 heterocycles. The molecule has 0 radical (unpaired) electrons. The van der Waals surface area contributed by atoms with Gasteiger partial charge in [-0.15, -0.1) is 0 Å². The highest BCUT2D eigenvalue weighted by atomic mass is 31.3. The number of nitrogens with one attached hydrogen (secondary N) is 2. The first-order valence-electron chi connectivity index (χ1n) is 11.3. The average Bonchev–Trinajstić information content (AvgIpc) is 3.14. The maximum atomic E-state index is 12.0. The fourth-order valence-corrected chi connectivity index (χ4v) is 5.14. The van der Waals surface area contributed by atoms with Crippen molar-refractivity contribution in [3.8, 4) is 0 Å². The highest BCUT2D eigenvalue weighted by molar-refractivity contribution is 7.60. The molecule has 11 N–H and O–H groups in total. The standard InChI is InChI=1S/C9H14N2O12P2.C8H12F3NO6/c12-5-1-2-11(9(15)10-5)8-7(14)6(13)4(22-8)3-21-25(19,20)23-24(16,17)18;9-8(10,11)7(17)12-3-5(15)4(14)2(1-13)18-6(3)16/h1-2,4,6-8,13-14H,3H2,(H,19,20)(H,10,12,15)(H2,16,17,18);2-6,13-16H,1H2,(H,12,17)/t4-,6-,7-,8-;2-,3-,4+,5-,6?/m11/s1. The molecule has 0 saturated carbocycles. The van der Waals surface area contributed by atoms with Gasteiger partial charge in [-0.05, 0) is 0 Å². The Kier molecular flexibility index (Phi) is 12.3. The molecular weight excluding hydrogens is 653 g/mol. The minimum absolute atomic E-state index is 0.704. The zero-order valence-electron chi connectivity index (χ0n) is 20.9. The van der Waals surface area contributed by atoms with E-state index in [2.05, 4.69) is 13.6 Å². The number of ether oxygens (including phenoxy) is 2. The summed E-state index contributed by atoms with van der Waals surface area (Å²) in [6.45, 7) is -1.66. The second-order valence-corrected chi connectivity index (χ2v) is 11.5. The van der Waals surface area contributed by atoms with E-state index in [-0.39, 0.29) is 0 Å². The predicted molar refractivity (Wildman–Crippen MR) is 124 cm³/mol. The fraction of sp³-hybridized carbons (Fsp3) is 0.706. The van der Waals surface area contributed by atoms with Gasteiger partial charge in [0.25, 0.3) is 5.56 Å². The summed E-state index contributed by atoms with van der Waals surface area (Å²) in [5.74, 6) is -2.39. The molecule has 1 aromatic heterocycles. The van der Waals surface area contributed by atoms with Crippen LogP contribution in [0.15, 0.2) is 21.9 Å². The number of carbonyl (C=O) groups excluding carboxylic acids is 1. The monoisotopic (exact) mass is 679 g/mol. The van der Waals surface area contributed by atoms with Crippen molar-refractivity contribution >= 4 is 21.6 Å². The lowest BCUT2D eigenvalue weighted by molar-refractivity contribution is -0.256. The SMILES string of the molecule is O=C(N[C@H]1C(O)O[C@H](CO)[C@H](O)[C@@H]1O)C(F)(F)F.O=c1ccn([C@@H]2O[C@H](COP(=O)(O)OP(=O)(O)O)[C@@H](O)[C@H]2O)c(=O)[nH]1. The van der Waals surface area contributed by atoms with Crippen LogP contribution in [0.4, 0.5) is 13.2 Å². The van der Waals surface area contributed by atoms with E-state index in [0.29, 0.717) is 0 Å². The Morgan fingerprint density at radius 2 is 1.58 bits per heavy atom. The molecular formula is C17H26F3N3O18P2. The van der Waals surface area contributed by atoms with Crippen LogP contribution in [0.3, 0.4) is 0 Å². The molecule has 21 nitrogen and oxygen atoms in total. The number of phosphoric ester groups is 1. The smallest absolute Gasteiger partial charge is 0.394 e. The number of H-pyrrole nitrogens is 1. The second kappa shape index (κ2) is 14.3. The average molecular weight is 679 g/mol. The first-order valence-corrected chi connectivity index (χ1v) is 14.4. The van der Waals surface area contributed by atoms with Crippen molar-refractivity contribution in [2.75, 3.05) is 13.2 Å². The number of hydrogen-bond donors (Lipinski definition) is 11. The van der Waals surface area contributed by atoms with Crippen LogP contribution in [0, 0.1) is 0 Å². The molecule has 2 saturated heterocycles. The van der Waals surface area contributed by atoms with E-state index in [1.165, 1.54) is 5.32 Å². The Labute approximate surface area is 235 Å². The van der Waals surface area contributed by atoms with Gasteiger partial charge in [0, 0.05) is 12.3 Å². The summed E-state index contributed by atoms with van der Waals surface area (Å²) in [6.07, 6.45) is -17.4. The molecule has 1 amide bonds. The van der Waals surface area contributed by atoms with Crippen molar-refractivity contribution in [3.63, 3.8) is 0 Å². The lowest BCUT2D eigenvalue weighted by Crippen LogP contribution is -2.65. The Morgan fingerprint density at radius 3 is 2.09 bits per heavy atom. The van der Waals surface area contributed by atoms with Crippen LogP contribution in [0.5, 0.6) is 0 Å². The molecule has 1 aromatic rings. The molecule has 0 spiro atoms. The number of amides is 1. The first-order chi connectivity index (χ1) is 19.6. The lowest BCUT2D eigenvalue weighted by atomic mass is 9.97. The van der Waals surface area contributed by atoms with Crippen molar-refractivity contribution < 1.29 is 90.7 Å². The van der Waals surface area contributed by atoms with E-state index in [1.54, 1.807) is 0 Å². The Balaban J connectivity index is 0.000000317. The van der Waals surface area contributed by atoms with Crippen LogP contribution in [-0.2, 0) is 32.2 Å². The number of hydrogen-bond acceptors (Lipinski definition) is 15. The van der Waals surface area contributed by atoms with E-state index >= 15 is 0 Å². The third-order valence-corrected chi connectivity index (χ3v) is 7.68. The van der Waals surface area contributed by atoms with Crippen LogP contribution >= 0.6 is 15.6 Å². The zero-order valence-corrected chi connectivity index (χ0v) is 22.7. The van der Waals surface area contributed by atoms with Crippen LogP contribution in [0.1, 0.15) is 6.23 Å². The number of aliphatic hydroxyl groups excluding tert-OH is 6. The normalized spacial score (nSPS) is 32.8. The number of rotatable bonds is 8. The summed E-state index contributed by atoms with van der Waals surface area (Å²) in [5, 5.41) is 57.9. The van der Waals surface area contributed by atoms with Gasteiger partial charge in [0.2, 0.25) is 0 Å². The van der Waals surface area contributed by atoms with Crippen molar-refractivity contribution in [3.05, 3.63) is 33.1 Å². The van der Waals surface area contributed by atoms with Gasteiger partial charge in [-0.3, -0.25) is 23.7 Å². The van der Waals surface area contributed by atoms with Gasteiger partial charge in [-0.1, -0.05) is 0 Å². The molecule has 2 unspecified atom stereocenters. The van der Waals surface area contributed by atoms with Gasteiger partial charge in [-0.25, -0.2) is 13.9 Å². The summed E-state index contributed by atoms with van der Waals surface area (Å²) < 4.78 is 76.1. The third-order valence-electron chi connectivity index (χ3n) is 5.53. The summed E-state index contributed by atoms with van der Waals surface area (Å²) in [5.41, 5.74) is -1.65. The fourth-order valence-electron chi connectivity index (χ4n) is 3.54. The number of halogens is 3.